The fraction of sp³-hybridized carbons (Fsp3) is 0.667. The summed E-state index contributed by atoms with van der Waals surface area (Å²) in [6.07, 6.45) is 5.25. The van der Waals surface area contributed by atoms with Gasteiger partial charge >= 0.3 is 0 Å². The van der Waals surface area contributed by atoms with E-state index in [4.69, 9.17) is 0 Å². The number of hydrogen-bond donors (Lipinski definition) is 0. The summed E-state index contributed by atoms with van der Waals surface area (Å²) in [6.45, 7) is 7.41. The topological polar surface area (TPSA) is 58.0 Å². The van der Waals surface area contributed by atoms with E-state index in [-0.39, 0.29) is 11.8 Å². The molecule has 0 N–H and O–H groups in total. The zero-order valence-electron chi connectivity index (χ0n) is 10.7. The number of nitrogens with zero attached hydrogens (tertiary/aromatic N) is 3. The number of aromatic nitrogens is 2. The van der Waals surface area contributed by atoms with E-state index in [0.29, 0.717) is 6.42 Å². The molecule has 0 bridgehead atoms. The van der Waals surface area contributed by atoms with E-state index >= 15 is 0 Å². The van der Waals surface area contributed by atoms with Crippen LogP contribution >= 0.6 is 0 Å². The van der Waals surface area contributed by atoms with Crippen molar-refractivity contribution in [3.8, 4) is 0 Å². The van der Waals surface area contributed by atoms with Crippen LogP contribution in [0.2, 0.25) is 0 Å². The summed E-state index contributed by atoms with van der Waals surface area (Å²) in [5.41, 5.74) is -1.17. The zero-order valence-corrected chi connectivity index (χ0v) is 10.7. The predicted molar refractivity (Wildman–Crippen MR) is 61.6 cm³/mol. The molecule has 1 radical (unpaired) electrons. The van der Waals surface area contributed by atoms with Crippen molar-refractivity contribution in [1.82, 2.24) is 14.6 Å². The second-order valence-electron chi connectivity index (χ2n) is 5.83. The van der Waals surface area contributed by atoms with Crippen molar-refractivity contribution in [3.63, 3.8) is 0 Å². The Hall–Kier alpha value is -1.20. The lowest BCUT2D eigenvalue weighted by Crippen LogP contribution is -2.47. The van der Waals surface area contributed by atoms with Gasteiger partial charge in [-0.05, 0) is 34.1 Å². The third-order valence-electron chi connectivity index (χ3n) is 3.69. The molecule has 1 aromatic heterocycles. The second kappa shape index (κ2) is 3.65. The summed E-state index contributed by atoms with van der Waals surface area (Å²) in [7, 11) is 0. The summed E-state index contributed by atoms with van der Waals surface area (Å²) in [4.78, 5) is 16.2. The van der Waals surface area contributed by atoms with Crippen LogP contribution in [0, 0.1) is 5.92 Å². The molecule has 2 heterocycles. The van der Waals surface area contributed by atoms with Crippen LogP contribution in [0.5, 0.6) is 0 Å². The molecule has 2 rings (SSSR count). The standard InChI is InChI=1S/C12H18N3O2/c1-11(2)7-9(12(3,4)15(11)17)10(16)14-6-5-13-8-14/h5-6,8-9H,7H2,1-4H3. The number of hydroxylamine groups is 2. The highest BCUT2D eigenvalue weighted by Crippen LogP contribution is 2.44. The summed E-state index contributed by atoms with van der Waals surface area (Å²) >= 11 is 0. The Kier molecular flexibility index (Phi) is 2.63. The first-order valence-electron chi connectivity index (χ1n) is 5.76. The fourth-order valence-corrected chi connectivity index (χ4v) is 2.71. The summed E-state index contributed by atoms with van der Waals surface area (Å²) in [5, 5.41) is 13.2. The monoisotopic (exact) mass is 236 g/mol. The van der Waals surface area contributed by atoms with Gasteiger partial charge in [-0.1, -0.05) is 0 Å². The normalized spacial score (nSPS) is 27.2. The van der Waals surface area contributed by atoms with Crippen molar-refractivity contribution in [2.75, 3.05) is 0 Å². The molecule has 1 saturated heterocycles. The molecule has 1 aromatic rings. The first-order chi connectivity index (χ1) is 7.77. The van der Waals surface area contributed by atoms with Gasteiger partial charge in [-0.3, -0.25) is 9.36 Å². The quantitative estimate of drug-likeness (QED) is 0.746. The SMILES string of the molecule is CC1(C)CC(C(=O)n2ccnc2)C(C)(C)N1[O]. The molecule has 0 saturated carbocycles. The molecule has 0 aromatic carbocycles. The van der Waals surface area contributed by atoms with Crippen molar-refractivity contribution < 1.29 is 10.0 Å². The Morgan fingerprint density at radius 2 is 2.00 bits per heavy atom. The summed E-state index contributed by atoms with van der Waals surface area (Å²) in [6, 6.07) is 0. The minimum absolute atomic E-state index is 0.0566. The maximum absolute atomic E-state index is 12.3. The maximum Gasteiger partial charge on any atom is 0.236 e. The highest BCUT2D eigenvalue weighted by atomic mass is 16.5. The summed E-state index contributed by atoms with van der Waals surface area (Å²) < 4.78 is 1.46. The van der Waals surface area contributed by atoms with E-state index < -0.39 is 11.1 Å². The summed E-state index contributed by atoms with van der Waals surface area (Å²) in [5.74, 6) is -0.358. The van der Waals surface area contributed by atoms with Crippen LogP contribution in [-0.2, 0) is 5.21 Å². The zero-order chi connectivity index (χ0) is 12.8. The van der Waals surface area contributed by atoms with Gasteiger partial charge in [0.05, 0.1) is 11.5 Å². The van der Waals surface area contributed by atoms with Crippen molar-refractivity contribution in [2.24, 2.45) is 5.92 Å². The Bertz CT molecular complexity index is 423. The number of rotatable bonds is 1. The molecule has 0 spiro atoms. The number of imidazole rings is 1. The van der Waals surface area contributed by atoms with Gasteiger partial charge in [0, 0.05) is 17.9 Å². The largest absolute Gasteiger partial charge is 0.276 e. The molecular formula is C12H18N3O2. The van der Waals surface area contributed by atoms with Gasteiger partial charge in [-0.2, -0.15) is 0 Å². The van der Waals surface area contributed by atoms with Crippen molar-refractivity contribution >= 4 is 5.91 Å². The lowest BCUT2D eigenvalue weighted by atomic mass is 9.86. The van der Waals surface area contributed by atoms with Gasteiger partial charge in [0.25, 0.3) is 0 Å². The number of carbonyl (C=O) groups is 1. The number of carbonyl (C=O) groups excluding carboxylic acids is 1. The molecule has 1 fully saturated rings. The average molecular weight is 236 g/mol. The van der Waals surface area contributed by atoms with E-state index in [0.717, 1.165) is 5.06 Å². The smallest absolute Gasteiger partial charge is 0.236 e. The lowest BCUT2D eigenvalue weighted by Gasteiger charge is -2.33. The van der Waals surface area contributed by atoms with E-state index in [1.54, 1.807) is 12.4 Å². The van der Waals surface area contributed by atoms with Crippen molar-refractivity contribution in [1.29, 1.82) is 0 Å². The van der Waals surface area contributed by atoms with Gasteiger partial charge in [0.15, 0.2) is 0 Å². The lowest BCUT2D eigenvalue weighted by molar-refractivity contribution is -0.246. The molecule has 1 aliphatic rings. The first-order valence-corrected chi connectivity index (χ1v) is 5.76. The Morgan fingerprint density at radius 3 is 2.41 bits per heavy atom. The Morgan fingerprint density at radius 1 is 1.35 bits per heavy atom. The molecule has 17 heavy (non-hydrogen) atoms. The van der Waals surface area contributed by atoms with Crippen LogP contribution in [0.1, 0.15) is 38.9 Å². The third kappa shape index (κ3) is 1.79. The Labute approximate surface area is 101 Å². The van der Waals surface area contributed by atoms with Gasteiger partial charge in [-0.15, -0.1) is 10.3 Å². The molecule has 5 heteroatoms. The second-order valence-corrected chi connectivity index (χ2v) is 5.83. The van der Waals surface area contributed by atoms with Gasteiger partial charge in [-0.25, -0.2) is 4.98 Å². The van der Waals surface area contributed by atoms with Crippen LogP contribution in [0.4, 0.5) is 0 Å². The Balaban J connectivity index is 2.32. The van der Waals surface area contributed by atoms with Crippen LogP contribution in [0.3, 0.4) is 0 Å². The van der Waals surface area contributed by atoms with Crippen LogP contribution < -0.4 is 0 Å². The van der Waals surface area contributed by atoms with Crippen molar-refractivity contribution in [2.45, 2.75) is 45.2 Å². The van der Waals surface area contributed by atoms with Crippen LogP contribution in [-0.4, -0.2) is 31.6 Å². The third-order valence-corrected chi connectivity index (χ3v) is 3.69. The molecule has 1 atom stereocenters. The van der Waals surface area contributed by atoms with E-state index in [9.17, 15) is 10.0 Å². The molecule has 1 aliphatic heterocycles. The molecule has 0 amide bonds. The minimum Gasteiger partial charge on any atom is -0.276 e. The van der Waals surface area contributed by atoms with E-state index in [1.807, 2.05) is 27.7 Å². The highest BCUT2D eigenvalue weighted by molar-refractivity contribution is 5.83. The van der Waals surface area contributed by atoms with Crippen molar-refractivity contribution in [3.05, 3.63) is 18.7 Å². The molecule has 1 unspecified atom stereocenters. The highest BCUT2D eigenvalue weighted by Gasteiger charge is 2.55. The average Bonchev–Trinajstić information content (AvgIpc) is 2.81. The first kappa shape index (κ1) is 12.3. The predicted octanol–water partition coefficient (Wildman–Crippen LogP) is 1.75. The van der Waals surface area contributed by atoms with Crippen LogP contribution in [0.25, 0.3) is 0 Å². The van der Waals surface area contributed by atoms with Gasteiger partial charge in [0.2, 0.25) is 5.91 Å². The number of hydrogen-bond acceptors (Lipinski definition) is 3. The van der Waals surface area contributed by atoms with Gasteiger partial charge in [0.1, 0.15) is 6.33 Å². The minimum atomic E-state index is -0.676. The van der Waals surface area contributed by atoms with Crippen LogP contribution in [0.15, 0.2) is 18.7 Å². The fourth-order valence-electron chi connectivity index (χ4n) is 2.71. The van der Waals surface area contributed by atoms with E-state index in [1.165, 1.54) is 10.9 Å². The maximum atomic E-state index is 12.3. The molecule has 93 valence electrons. The molecule has 0 aliphatic carbocycles. The van der Waals surface area contributed by atoms with E-state index in [2.05, 4.69) is 4.98 Å². The van der Waals surface area contributed by atoms with Gasteiger partial charge < -0.3 is 0 Å². The molecule has 5 nitrogen and oxygen atoms in total. The molecular weight excluding hydrogens is 218 g/mol.